The summed E-state index contributed by atoms with van der Waals surface area (Å²) in [5, 5.41) is 14.1. The molecule has 1 aromatic carbocycles. The Kier molecular flexibility index (Phi) is 6.21. The van der Waals surface area contributed by atoms with Gasteiger partial charge in [-0.1, -0.05) is 5.16 Å². The van der Waals surface area contributed by atoms with E-state index in [4.69, 9.17) is 10.4 Å². The first-order valence-corrected chi connectivity index (χ1v) is 7.51. The molecule has 0 radical (unpaired) electrons. The van der Waals surface area contributed by atoms with Gasteiger partial charge in [0.25, 0.3) is 0 Å². The number of hydrogen-bond acceptors (Lipinski definition) is 8. The smallest absolute Gasteiger partial charge is 0.323 e. The average Bonchev–Trinajstić information content (AvgIpc) is 3.04. The number of amidine groups is 1. The zero-order chi connectivity index (χ0) is 17.5. The summed E-state index contributed by atoms with van der Waals surface area (Å²) in [5.74, 6) is -0.00806. The van der Waals surface area contributed by atoms with Crippen LogP contribution in [-0.4, -0.2) is 42.8 Å². The molecule has 0 spiro atoms. The molecule has 128 valence electrons. The lowest BCUT2D eigenvalue weighted by atomic mass is 10.2. The third kappa shape index (κ3) is 4.06. The zero-order valence-corrected chi connectivity index (χ0v) is 14.2. The maximum atomic E-state index is 13.4. The largest absolute Gasteiger partial charge is 0.364 e. The van der Waals surface area contributed by atoms with E-state index in [-0.39, 0.29) is 28.3 Å². The standard InChI is InChI=1S/C13H14BrFN6O3/c1-21(8-2-3-10(15)9(14)6-8)13(20-23-7-22)11-12(17-5-4-16)19-24-18-11/h2-3,6-7H,4-5,16H2,1H3,(H,17,19)/b20-13-. The van der Waals surface area contributed by atoms with E-state index in [1.165, 1.54) is 23.1 Å². The third-order valence-electron chi connectivity index (χ3n) is 2.93. The molecule has 1 aromatic heterocycles. The van der Waals surface area contributed by atoms with E-state index >= 15 is 0 Å². The molecule has 0 aliphatic carbocycles. The van der Waals surface area contributed by atoms with Gasteiger partial charge in [-0.15, -0.1) is 0 Å². The Morgan fingerprint density at radius 2 is 2.38 bits per heavy atom. The van der Waals surface area contributed by atoms with Gasteiger partial charge in [0.15, 0.2) is 5.69 Å². The third-order valence-corrected chi connectivity index (χ3v) is 3.54. The topological polar surface area (TPSA) is 119 Å². The van der Waals surface area contributed by atoms with E-state index in [9.17, 15) is 9.18 Å². The molecular weight excluding hydrogens is 387 g/mol. The van der Waals surface area contributed by atoms with Crippen molar-refractivity contribution >= 4 is 39.7 Å². The molecular formula is C13H14BrFN6O3. The number of halogens is 2. The summed E-state index contributed by atoms with van der Waals surface area (Å²) in [6.45, 7) is 0.952. The summed E-state index contributed by atoms with van der Waals surface area (Å²) in [6, 6.07) is 4.34. The summed E-state index contributed by atoms with van der Waals surface area (Å²) < 4.78 is 18.4. The second-order valence-electron chi connectivity index (χ2n) is 4.45. The number of anilines is 2. The lowest BCUT2D eigenvalue weighted by Crippen LogP contribution is -2.29. The van der Waals surface area contributed by atoms with Crippen LogP contribution >= 0.6 is 15.9 Å². The average molecular weight is 401 g/mol. The minimum absolute atomic E-state index is 0.126. The molecule has 0 unspecified atom stereocenters. The fraction of sp³-hybridized carbons (Fsp3) is 0.231. The summed E-state index contributed by atoms with van der Waals surface area (Å²) in [6.07, 6.45) is 0. The van der Waals surface area contributed by atoms with Gasteiger partial charge in [-0.25, -0.2) is 9.02 Å². The number of aromatic nitrogens is 2. The van der Waals surface area contributed by atoms with Crippen molar-refractivity contribution in [2.24, 2.45) is 10.9 Å². The van der Waals surface area contributed by atoms with Crippen LogP contribution in [0.3, 0.4) is 0 Å². The predicted octanol–water partition coefficient (Wildman–Crippen LogP) is 1.31. The van der Waals surface area contributed by atoms with Crippen molar-refractivity contribution in [2.75, 3.05) is 30.4 Å². The van der Waals surface area contributed by atoms with Crippen LogP contribution in [-0.2, 0) is 9.63 Å². The lowest BCUT2D eigenvalue weighted by Gasteiger charge is -2.19. The van der Waals surface area contributed by atoms with Crippen LogP contribution in [0.5, 0.6) is 0 Å². The molecule has 2 rings (SSSR count). The fourth-order valence-electron chi connectivity index (χ4n) is 1.79. The van der Waals surface area contributed by atoms with E-state index in [1.54, 1.807) is 7.05 Å². The van der Waals surface area contributed by atoms with Crippen LogP contribution < -0.4 is 16.0 Å². The first-order chi connectivity index (χ1) is 11.6. The summed E-state index contributed by atoms with van der Waals surface area (Å²) in [7, 11) is 1.63. The Hall–Kier alpha value is -2.53. The molecule has 0 saturated heterocycles. The number of rotatable bonds is 7. The molecule has 0 aliphatic heterocycles. The van der Waals surface area contributed by atoms with Crippen LogP contribution in [0.2, 0.25) is 0 Å². The van der Waals surface area contributed by atoms with Crippen molar-refractivity contribution in [1.82, 2.24) is 10.3 Å². The van der Waals surface area contributed by atoms with Crippen molar-refractivity contribution in [2.45, 2.75) is 0 Å². The number of carbonyl (C=O) groups is 1. The quantitative estimate of drug-likeness (QED) is 0.234. The Morgan fingerprint density at radius 3 is 3.04 bits per heavy atom. The summed E-state index contributed by atoms with van der Waals surface area (Å²) >= 11 is 3.11. The Bertz CT molecular complexity index is 738. The number of hydrogen-bond donors (Lipinski definition) is 2. The first-order valence-electron chi connectivity index (χ1n) is 6.71. The SMILES string of the molecule is CN(/C(=N\OC=O)c1nonc1NCCN)c1ccc(F)c(Br)c1. The van der Waals surface area contributed by atoms with E-state index in [0.717, 1.165) is 0 Å². The van der Waals surface area contributed by atoms with Gasteiger partial charge >= 0.3 is 6.47 Å². The molecule has 0 fully saturated rings. The minimum Gasteiger partial charge on any atom is -0.364 e. The Labute approximate surface area is 144 Å². The van der Waals surface area contributed by atoms with Gasteiger partial charge in [-0.3, -0.25) is 4.79 Å². The molecule has 1 heterocycles. The number of nitrogens with zero attached hydrogens (tertiary/aromatic N) is 4. The molecule has 0 atom stereocenters. The van der Waals surface area contributed by atoms with Gasteiger partial charge in [0.2, 0.25) is 11.7 Å². The molecule has 0 amide bonds. The Balaban J connectivity index is 2.39. The van der Waals surface area contributed by atoms with Crippen molar-refractivity contribution in [3.8, 4) is 0 Å². The van der Waals surface area contributed by atoms with Crippen LogP contribution in [0.1, 0.15) is 5.69 Å². The van der Waals surface area contributed by atoms with Crippen molar-refractivity contribution in [1.29, 1.82) is 0 Å². The minimum atomic E-state index is -0.414. The van der Waals surface area contributed by atoms with E-state index in [1.807, 2.05) is 0 Å². The van der Waals surface area contributed by atoms with Gasteiger partial charge in [0.1, 0.15) is 5.82 Å². The number of carbonyl (C=O) groups excluding carboxylic acids is 1. The van der Waals surface area contributed by atoms with Crippen molar-refractivity contribution in [3.63, 3.8) is 0 Å². The lowest BCUT2D eigenvalue weighted by molar-refractivity contribution is -0.128. The monoisotopic (exact) mass is 400 g/mol. The van der Waals surface area contributed by atoms with Gasteiger partial charge in [-0.2, -0.15) is 0 Å². The number of nitrogens with one attached hydrogen (secondary N) is 1. The normalized spacial score (nSPS) is 11.2. The highest BCUT2D eigenvalue weighted by atomic mass is 79.9. The zero-order valence-electron chi connectivity index (χ0n) is 12.6. The van der Waals surface area contributed by atoms with Gasteiger partial charge in [0.05, 0.1) is 4.47 Å². The first kappa shape index (κ1) is 17.8. The maximum absolute atomic E-state index is 13.4. The Morgan fingerprint density at radius 1 is 1.58 bits per heavy atom. The van der Waals surface area contributed by atoms with E-state index < -0.39 is 5.82 Å². The highest BCUT2D eigenvalue weighted by Gasteiger charge is 2.22. The van der Waals surface area contributed by atoms with Gasteiger partial charge < -0.3 is 20.8 Å². The number of benzene rings is 1. The number of oxime groups is 1. The predicted molar refractivity (Wildman–Crippen MR) is 88.0 cm³/mol. The summed E-state index contributed by atoms with van der Waals surface area (Å²) in [4.78, 5) is 16.5. The number of nitrogens with two attached hydrogens (primary N) is 1. The molecule has 0 saturated carbocycles. The van der Waals surface area contributed by atoms with Gasteiger partial charge in [-0.05, 0) is 44.4 Å². The van der Waals surface area contributed by atoms with Crippen LogP contribution in [0.25, 0.3) is 0 Å². The molecule has 3 N–H and O–H groups in total. The molecule has 24 heavy (non-hydrogen) atoms. The second-order valence-corrected chi connectivity index (χ2v) is 5.31. The van der Waals surface area contributed by atoms with Crippen molar-refractivity contribution < 1.29 is 18.7 Å². The van der Waals surface area contributed by atoms with Crippen LogP contribution in [0, 0.1) is 5.82 Å². The highest BCUT2D eigenvalue weighted by Crippen LogP contribution is 2.24. The fourth-order valence-corrected chi connectivity index (χ4v) is 2.16. The van der Waals surface area contributed by atoms with Crippen LogP contribution in [0.4, 0.5) is 15.9 Å². The molecule has 11 heteroatoms. The molecule has 0 aliphatic rings. The molecule has 0 bridgehead atoms. The maximum Gasteiger partial charge on any atom is 0.323 e. The van der Waals surface area contributed by atoms with E-state index in [2.05, 4.69) is 41.6 Å². The molecule has 2 aromatic rings. The highest BCUT2D eigenvalue weighted by molar-refractivity contribution is 9.10. The summed E-state index contributed by atoms with van der Waals surface area (Å²) in [5.41, 5.74) is 6.20. The van der Waals surface area contributed by atoms with Crippen molar-refractivity contribution in [3.05, 3.63) is 34.2 Å². The van der Waals surface area contributed by atoms with E-state index in [0.29, 0.717) is 18.8 Å². The second kappa shape index (κ2) is 8.36. The van der Waals surface area contributed by atoms with Crippen LogP contribution in [0.15, 0.2) is 32.5 Å². The van der Waals surface area contributed by atoms with Gasteiger partial charge in [0, 0.05) is 25.8 Å². The molecule has 9 nitrogen and oxygen atoms in total.